The van der Waals surface area contributed by atoms with Crippen LogP contribution in [0.4, 0.5) is 5.69 Å². The van der Waals surface area contributed by atoms with Crippen LogP contribution in [0.3, 0.4) is 0 Å². The zero-order chi connectivity index (χ0) is 12.1. The lowest BCUT2D eigenvalue weighted by Gasteiger charge is -2.26. The molecule has 2 heterocycles. The number of likely N-dealkylation sites (tertiary alicyclic amines) is 1. The summed E-state index contributed by atoms with van der Waals surface area (Å²) in [4.78, 5) is 6.58. The Morgan fingerprint density at radius 3 is 2.82 bits per heavy atom. The van der Waals surface area contributed by atoms with Gasteiger partial charge in [-0.05, 0) is 47.9 Å². The van der Waals surface area contributed by atoms with E-state index in [0.717, 1.165) is 11.0 Å². The Morgan fingerprint density at radius 1 is 1.35 bits per heavy atom. The third-order valence-electron chi connectivity index (χ3n) is 2.94. The van der Waals surface area contributed by atoms with Crippen LogP contribution in [0, 0.1) is 0 Å². The van der Waals surface area contributed by atoms with E-state index >= 15 is 0 Å². The van der Waals surface area contributed by atoms with Gasteiger partial charge in [0.2, 0.25) is 5.88 Å². The minimum absolute atomic E-state index is 0.533. The van der Waals surface area contributed by atoms with Crippen molar-refractivity contribution in [3.05, 3.63) is 16.7 Å². The van der Waals surface area contributed by atoms with Crippen LogP contribution in [-0.4, -0.2) is 36.1 Å². The van der Waals surface area contributed by atoms with Crippen molar-refractivity contribution in [3.63, 3.8) is 0 Å². The molecule has 2 N–H and O–H groups in total. The van der Waals surface area contributed by atoms with Crippen molar-refractivity contribution in [3.8, 4) is 5.88 Å². The van der Waals surface area contributed by atoms with Gasteiger partial charge >= 0.3 is 0 Å². The van der Waals surface area contributed by atoms with Gasteiger partial charge in [-0.25, -0.2) is 4.98 Å². The number of rotatable bonds is 4. The maximum Gasteiger partial charge on any atom is 0.237 e. The predicted octanol–water partition coefficient (Wildman–Crippen LogP) is 2.29. The van der Waals surface area contributed by atoms with Crippen LogP contribution in [0.1, 0.15) is 19.3 Å². The highest BCUT2D eigenvalue weighted by Gasteiger charge is 2.10. The average molecular weight is 300 g/mol. The third-order valence-corrected chi connectivity index (χ3v) is 3.37. The Kier molecular flexibility index (Phi) is 4.62. The van der Waals surface area contributed by atoms with Crippen LogP contribution in [0.15, 0.2) is 16.7 Å². The summed E-state index contributed by atoms with van der Waals surface area (Å²) in [6.45, 7) is 3.98. The van der Waals surface area contributed by atoms with Crippen molar-refractivity contribution in [1.82, 2.24) is 9.88 Å². The lowest BCUT2D eigenvalue weighted by atomic mass is 10.1. The van der Waals surface area contributed by atoms with Gasteiger partial charge in [-0.1, -0.05) is 6.42 Å². The van der Waals surface area contributed by atoms with Crippen LogP contribution in [-0.2, 0) is 0 Å². The first-order chi connectivity index (χ1) is 8.25. The summed E-state index contributed by atoms with van der Waals surface area (Å²) in [5.74, 6) is 0.533. The lowest BCUT2D eigenvalue weighted by Crippen LogP contribution is -2.33. The van der Waals surface area contributed by atoms with Crippen LogP contribution >= 0.6 is 15.9 Å². The van der Waals surface area contributed by atoms with E-state index in [1.165, 1.54) is 32.4 Å². The largest absolute Gasteiger partial charge is 0.475 e. The topological polar surface area (TPSA) is 51.4 Å². The van der Waals surface area contributed by atoms with Gasteiger partial charge in [0, 0.05) is 17.2 Å². The molecule has 17 heavy (non-hydrogen) atoms. The molecule has 0 unspecified atom stereocenters. The Hall–Kier alpha value is -0.810. The maximum atomic E-state index is 5.81. The highest BCUT2D eigenvalue weighted by Crippen LogP contribution is 2.21. The molecule has 94 valence electrons. The first-order valence-electron chi connectivity index (χ1n) is 6.02. The predicted molar refractivity (Wildman–Crippen MR) is 72.1 cm³/mol. The zero-order valence-corrected chi connectivity index (χ0v) is 11.4. The zero-order valence-electron chi connectivity index (χ0n) is 9.86. The molecule has 0 atom stereocenters. The van der Waals surface area contributed by atoms with Crippen LogP contribution in [0.2, 0.25) is 0 Å². The smallest absolute Gasteiger partial charge is 0.237 e. The minimum Gasteiger partial charge on any atom is -0.475 e. The second kappa shape index (κ2) is 6.21. The number of halogens is 1. The molecule has 5 heteroatoms. The van der Waals surface area contributed by atoms with Crippen molar-refractivity contribution in [2.45, 2.75) is 19.3 Å². The number of nitrogen functional groups attached to an aromatic ring is 1. The van der Waals surface area contributed by atoms with Gasteiger partial charge in [-0.15, -0.1) is 0 Å². The molecule has 2 rings (SSSR count). The molecule has 1 saturated heterocycles. The molecule has 1 fully saturated rings. The monoisotopic (exact) mass is 299 g/mol. The average Bonchev–Trinajstić information content (AvgIpc) is 2.33. The lowest BCUT2D eigenvalue weighted by molar-refractivity contribution is 0.181. The van der Waals surface area contributed by atoms with Crippen molar-refractivity contribution in [2.75, 3.05) is 32.0 Å². The van der Waals surface area contributed by atoms with Gasteiger partial charge in [-0.2, -0.15) is 0 Å². The summed E-state index contributed by atoms with van der Waals surface area (Å²) < 4.78 is 6.47. The van der Waals surface area contributed by atoms with Crippen molar-refractivity contribution >= 4 is 21.6 Å². The molecule has 1 aliphatic rings. The molecule has 1 aromatic heterocycles. The van der Waals surface area contributed by atoms with E-state index < -0.39 is 0 Å². The van der Waals surface area contributed by atoms with Gasteiger partial charge in [0.25, 0.3) is 0 Å². The SMILES string of the molecule is Nc1cc(Br)cnc1OCCN1CCCCC1. The Labute approximate surface area is 110 Å². The minimum atomic E-state index is 0.533. The number of piperidine rings is 1. The molecule has 0 bridgehead atoms. The van der Waals surface area contributed by atoms with E-state index in [2.05, 4.69) is 25.8 Å². The first kappa shape index (κ1) is 12.6. The number of nitrogens with zero attached hydrogens (tertiary/aromatic N) is 2. The molecule has 0 saturated carbocycles. The second-order valence-corrected chi connectivity index (χ2v) is 5.21. The number of anilines is 1. The van der Waals surface area contributed by atoms with Crippen molar-refractivity contribution in [1.29, 1.82) is 0 Å². The molecule has 0 aromatic carbocycles. The number of hydrogen-bond acceptors (Lipinski definition) is 4. The number of pyridine rings is 1. The summed E-state index contributed by atoms with van der Waals surface area (Å²) in [7, 11) is 0. The Bertz CT molecular complexity index is 367. The fourth-order valence-corrected chi connectivity index (χ4v) is 2.37. The quantitative estimate of drug-likeness (QED) is 0.927. The molecular formula is C12H18BrN3O. The maximum absolute atomic E-state index is 5.81. The molecular weight excluding hydrogens is 282 g/mol. The number of hydrogen-bond donors (Lipinski definition) is 1. The summed E-state index contributed by atoms with van der Waals surface area (Å²) in [6.07, 6.45) is 5.67. The molecule has 1 aliphatic heterocycles. The van der Waals surface area contributed by atoms with E-state index in [0.29, 0.717) is 18.2 Å². The van der Waals surface area contributed by atoms with Crippen LogP contribution in [0.25, 0.3) is 0 Å². The number of ether oxygens (including phenoxy) is 1. The molecule has 1 aromatic rings. The van der Waals surface area contributed by atoms with Gasteiger partial charge in [0.05, 0.1) is 5.69 Å². The normalized spacial score (nSPS) is 17.0. The highest BCUT2D eigenvalue weighted by molar-refractivity contribution is 9.10. The second-order valence-electron chi connectivity index (χ2n) is 4.30. The number of nitrogens with two attached hydrogens (primary N) is 1. The standard InChI is InChI=1S/C12H18BrN3O/c13-10-8-11(14)12(15-9-10)17-7-6-16-4-2-1-3-5-16/h8-9H,1-7,14H2. The van der Waals surface area contributed by atoms with Gasteiger partial charge in [-0.3, -0.25) is 4.90 Å². The molecule has 0 spiro atoms. The van der Waals surface area contributed by atoms with E-state index in [9.17, 15) is 0 Å². The van der Waals surface area contributed by atoms with Crippen LogP contribution in [0.5, 0.6) is 5.88 Å². The summed E-state index contributed by atoms with van der Waals surface area (Å²) in [5, 5.41) is 0. The Balaban J connectivity index is 1.77. The third kappa shape index (κ3) is 3.85. The fraction of sp³-hybridized carbons (Fsp3) is 0.583. The molecule has 0 aliphatic carbocycles. The van der Waals surface area contributed by atoms with Gasteiger partial charge < -0.3 is 10.5 Å². The number of aromatic nitrogens is 1. The fourth-order valence-electron chi connectivity index (χ4n) is 2.02. The molecule has 4 nitrogen and oxygen atoms in total. The van der Waals surface area contributed by atoms with Gasteiger partial charge in [0.15, 0.2) is 0 Å². The van der Waals surface area contributed by atoms with E-state index in [1.807, 2.05) is 6.07 Å². The Morgan fingerprint density at radius 2 is 2.12 bits per heavy atom. The highest BCUT2D eigenvalue weighted by atomic mass is 79.9. The molecule has 0 radical (unpaired) electrons. The van der Waals surface area contributed by atoms with Crippen LogP contribution < -0.4 is 10.5 Å². The summed E-state index contributed by atoms with van der Waals surface area (Å²) >= 11 is 3.32. The van der Waals surface area contributed by atoms with Crippen molar-refractivity contribution in [2.24, 2.45) is 0 Å². The van der Waals surface area contributed by atoms with E-state index in [-0.39, 0.29) is 0 Å². The molecule has 0 amide bonds. The van der Waals surface area contributed by atoms with Gasteiger partial charge in [0.1, 0.15) is 6.61 Å². The van der Waals surface area contributed by atoms with E-state index in [1.54, 1.807) is 6.20 Å². The van der Waals surface area contributed by atoms with E-state index in [4.69, 9.17) is 10.5 Å². The first-order valence-corrected chi connectivity index (χ1v) is 6.81. The van der Waals surface area contributed by atoms with Crippen molar-refractivity contribution < 1.29 is 4.74 Å². The summed E-state index contributed by atoms with van der Waals surface area (Å²) in [6, 6.07) is 1.81. The summed E-state index contributed by atoms with van der Waals surface area (Å²) in [5.41, 5.74) is 6.39.